The lowest BCUT2D eigenvalue weighted by molar-refractivity contribution is 0.174. The summed E-state index contributed by atoms with van der Waals surface area (Å²) in [6.45, 7) is 0.236. The van der Waals surface area contributed by atoms with Crippen LogP contribution in [0.3, 0.4) is 0 Å². The topological polar surface area (TPSA) is 56.3 Å². The van der Waals surface area contributed by atoms with Crippen molar-refractivity contribution in [3.05, 3.63) is 78.1 Å². The van der Waals surface area contributed by atoms with Crippen LogP contribution < -0.4 is 14.8 Å². The molecule has 1 N–H and O–H groups in total. The van der Waals surface area contributed by atoms with E-state index in [4.69, 9.17) is 14.5 Å². The van der Waals surface area contributed by atoms with E-state index in [1.807, 2.05) is 42.5 Å². The van der Waals surface area contributed by atoms with Gasteiger partial charge in [0.1, 0.15) is 11.6 Å². The Labute approximate surface area is 170 Å². The molecule has 0 atom stereocenters. The summed E-state index contributed by atoms with van der Waals surface area (Å²) in [6.07, 6.45) is 0. The lowest BCUT2D eigenvalue weighted by Crippen LogP contribution is -1.99. The molecule has 0 spiro atoms. The second-order valence-electron chi connectivity index (χ2n) is 6.48. The summed E-state index contributed by atoms with van der Waals surface area (Å²) in [6, 6.07) is 20.0. The molecular weight excluding hydrogens is 389 g/mol. The first kappa shape index (κ1) is 17.8. The number of hydrogen-bond donors (Lipinski definition) is 1. The van der Waals surface area contributed by atoms with Crippen molar-refractivity contribution in [3.63, 3.8) is 0 Å². The van der Waals surface area contributed by atoms with Crippen molar-refractivity contribution in [2.24, 2.45) is 0 Å². The highest BCUT2D eigenvalue weighted by atomic mass is 32.2. The minimum absolute atomic E-state index is 0.236. The molecule has 1 aliphatic rings. The summed E-state index contributed by atoms with van der Waals surface area (Å²) in [4.78, 5) is 9.38. The van der Waals surface area contributed by atoms with Crippen LogP contribution in [0.15, 0.2) is 71.9 Å². The van der Waals surface area contributed by atoms with Crippen molar-refractivity contribution in [1.29, 1.82) is 0 Å². The second-order valence-corrected chi connectivity index (χ2v) is 7.42. The van der Waals surface area contributed by atoms with Gasteiger partial charge in [0.15, 0.2) is 16.7 Å². The fraction of sp³-hybridized carbons (Fsp3) is 0.0909. The van der Waals surface area contributed by atoms with Gasteiger partial charge in [-0.2, -0.15) is 0 Å². The van der Waals surface area contributed by atoms with Crippen LogP contribution in [0, 0.1) is 5.82 Å². The first-order chi connectivity index (χ1) is 14.2. The number of nitrogens with zero attached hydrogens (tertiary/aromatic N) is 2. The Morgan fingerprint density at radius 1 is 0.931 bits per heavy atom. The molecule has 1 aromatic heterocycles. The lowest BCUT2D eigenvalue weighted by Gasteiger charge is -2.11. The minimum Gasteiger partial charge on any atom is -0.454 e. The molecule has 29 heavy (non-hydrogen) atoms. The molecule has 2 heterocycles. The first-order valence-electron chi connectivity index (χ1n) is 9.05. The largest absolute Gasteiger partial charge is 0.454 e. The van der Waals surface area contributed by atoms with Gasteiger partial charge in [-0.3, -0.25) is 0 Å². The Morgan fingerprint density at radius 2 is 1.76 bits per heavy atom. The summed E-state index contributed by atoms with van der Waals surface area (Å²) >= 11 is 1.51. The second kappa shape index (κ2) is 7.60. The van der Waals surface area contributed by atoms with Crippen molar-refractivity contribution >= 4 is 34.2 Å². The van der Waals surface area contributed by atoms with Gasteiger partial charge < -0.3 is 14.8 Å². The average Bonchev–Trinajstić information content (AvgIpc) is 3.21. The summed E-state index contributed by atoms with van der Waals surface area (Å²) in [5.74, 6) is 2.58. The van der Waals surface area contributed by atoms with Crippen LogP contribution in [-0.2, 0) is 5.75 Å². The highest BCUT2D eigenvalue weighted by Crippen LogP contribution is 2.36. The maximum Gasteiger partial charge on any atom is 0.231 e. The number of benzene rings is 3. The maximum atomic E-state index is 13.1. The Balaban J connectivity index is 1.44. The van der Waals surface area contributed by atoms with E-state index >= 15 is 0 Å². The smallest absolute Gasteiger partial charge is 0.231 e. The van der Waals surface area contributed by atoms with Gasteiger partial charge in [0, 0.05) is 22.9 Å². The Bertz CT molecular complexity index is 1180. The molecule has 1 aliphatic heterocycles. The van der Waals surface area contributed by atoms with E-state index in [0.717, 1.165) is 33.7 Å². The van der Waals surface area contributed by atoms with Gasteiger partial charge in [-0.15, -0.1) is 0 Å². The molecule has 3 aromatic carbocycles. The number of para-hydroxylation sites is 1. The molecule has 0 saturated heterocycles. The zero-order chi connectivity index (χ0) is 19.6. The zero-order valence-electron chi connectivity index (χ0n) is 15.3. The van der Waals surface area contributed by atoms with Crippen LogP contribution >= 0.6 is 11.8 Å². The van der Waals surface area contributed by atoms with E-state index in [9.17, 15) is 4.39 Å². The predicted molar refractivity (Wildman–Crippen MR) is 111 cm³/mol. The van der Waals surface area contributed by atoms with Crippen LogP contribution in [0.25, 0.3) is 10.9 Å². The number of hydrogen-bond acceptors (Lipinski definition) is 6. The lowest BCUT2D eigenvalue weighted by atomic mass is 10.2. The molecule has 0 fully saturated rings. The van der Waals surface area contributed by atoms with Crippen LogP contribution in [-0.4, -0.2) is 16.8 Å². The molecule has 0 saturated carbocycles. The van der Waals surface area contributed by atoms with E-state index in [2.05, 4.69) is 10.3 Å². The summed E-state index contributed by atoms with van der Waals surface area (Å²) in [7, 11) is 0. The van der Waals surface area contributed by atoms with Crippen molar-refractivity contribution in [1.82, 2.24) is 9.97 Å². The van der Waals surface area contributed by atoms with Crippen molar-refractivity contribution in [3.8, 4) is 11.5 Å². The number of fused-ring (bicyclic) bond motifs is 2. The van der Waals surface area contributed by atoms with Crippen molar-refractivity contribution in [2.75, 3.05) is 12.1 Å². The summed E-state index contributed by atoms with van der Waals surface area (Å²) in [5.41, 5.74) is 2.72. The zero-order valence-corrected chi connectivity index (χ0v) is 16.1. The van der Waals surface area contributed by atoms with Crippen LogP contribution in [0.1, 0.15) is 5.56 Å². The third-order valence-electron chi connectivity index (χ3n) is 4.50. The van der Waals surface area contributed by atoms with Gasteiger partial charge in [0.2, 0.25) is 6.79 Å². The Hall–Kier alpha value is -3.32. The van der Waals surface area contributed by atoms with E-state index < -0.39 is 0 Å². The number of rotatable bonds is 5. The minimum atomic E-state index is -0.240. The predicted octanol–water partition coefficient (Wildman–Crippen LogP) is 5.53. The fourth-order valence-corrected chi connectivity index (χ4v) is 3.86. The number of halogens is 1. The van der Waals surface area contributed by atoms with E-state index in [1.165, 1.54) is 23.9 Å². The molecule has 0 aliphatic carbocycles. The monoisotopic (exact) mass is 405 g/mol. The van der Waals surface area contributed by atoms with Crippen molar-refractivity contribution < 1.29 is 13.9 Å². The maximum absolute atomic E-state index is 13.1. The molecule has 0 radical (unpaired) electrons. The first-order valence-corrected chi connectivity index (χ1v) is 10.0. The SMILES string of the molecule is Fc1ccc(CSc2nc(Nc3ccc4c(c3)OCO4)c3ccccc3n2)cc1. The van der Waals surface area contributed by atoms with Gasteiger partial charge >= 0.3 is 0 Å². The number of aromatic nitrogens is 2. The Morgan fingerprint density at radius 3 is 2.66 bits per heavy atom. The normalized spacial score (nSPS) is 12.3. The van der Waals surface area contributed by atoms with Crippen LogP contribution in [0.5, 0.6) is 11.5 Å². The molecule has 4 aromatic rings. The van der Waals surface area contributed by atoms with Gasteiger partial charge in [-0.1, -0.05) is 36.0 Å². The van der Waals surface area contributed by atoms with Crippen LogP contribution in [0.4, 0.5) is 15.9 Å². The van der Waals surface area contributed by atoms with E-state index in [1.54, 1.807) is 12.1 Å². The molecule has 0 bridgehead atoms. The molecule has 7 heteroatoms. The molecule has 5 rings (SSSR count). The highest BCUT2D eigenvalue weighted by Gasteiger charge is 2.15. The Kier molecular flexibility index (Phi) is 4.65. The summed E-state index contributed by atoms with van der Waals surface area (Å²) in [5, 5.41) is 4.95. The molecule has 0 unspecified atom stereocenters. The van der Waals surface area contributed by atoms with E-state index in [0.29, 0.717) is 16.7 Å². The fourth-order valence-electron chi connectivity index (χ4n) is 3.05. The molecule has 0 amide bonds. The highest BCUT2D eigenvalue weighted by molar-refractivity contribution is 7.98. The summed E-state index contributed by atoms with van der Waals surface area (Å²) < 4.78 is 23.9. The molecular formula is C22H16FN3O2S. The van der Waals surface area contributed by atoms with Gasteiger partial charge in [0.25, 0.3) is 0 Å². The van der Waals surface area contributed by atoms with Crippen molar-refractivity contribution in [2.45, 2.75) is 10.9 Å². The molecule has 5 nitrogen and oxygen atoms in total. The van der Waals surface area contributed by atoms with Gasteiger partial charge in [0.05, 0.1) is 5.52 Å². The standard InChI is InChI=1S/C22H16FN3O2S/c23-15-7-5-14(6-8-15)12-29-22-25-18-4-2-1-3-17(18)21(26-22)24-16-9-10-19-20(11-16)28-13-27-19/h1-11H,12-13H2,(H,24,25,26). The third-order valence-corrected chi connectivity index (χ3v) is 5.42. The quantitative estimate of drug-likeness (QED) is 0.348. The third kappa shape index (κ3) is 3.82. The number of nitrogens with one attached hydrogen (secondary N) is 1. The molecule has 144 valence electrons. The van der Waals surface area contributed by atoms with E-state index in [-0.39, 0.29) is 12.6 Å². The van der Waals surface area contributed by atoms with Gasteiger partial charge in [-0.05, 0) is 42.0 Å². The van der Waals surface area contributed by atoms with Gasteiger partial charge in [-0.25, -0.2) is 14.4 Å². The number of anilines is 2. The average molecular weight is 405 g/mol. The number of thioether (sulfide) groups is 1. The van der Waals surface area contributed by atoms with Crippen LogP contribution in [0.2, 0.25) is 0 Å². The number of ether oxygens (including phenoxy) is 2.